The molecule has 3 rings (SSSR count). The van der Waals surface area contributed by atoms with Gasteiger partial charge in [-0.1, -0.05) is 29.8 Å². The number of furan rings is 1. The quantitative estimate of drug-likeness (QED) is 0.486. The van der Waals surface area contributed by atoms with E-state index in [2.05, 4.69) is 6.07 Å². The number of aldehydes is 1. The Morgan fingerprint density at radius 3 is 2.73 bits per heavy atom. The number of benzene rings is 2. The van der Waals surface area contributed by atoms with Gasteiger partial charge in [-0.2, -0.15) is 5.26 Å². The van der Waals surface area contributed by atoms with E-state index in [4.69, 9.17) is 26.0 Å². The van der Waals surface area contributed by atoms with Crippen LogP contribution in [0.4, 0.5) is 0 Å². The first-order valence-corrected chi connectivity index (χ1v) is 8.00. The third-order valence-corrected chi connectivity index (χ3v) is 4.04. The van der Waals surface area contributed by atoms with Gasteiger partial charge in [-0.05, 0) is 36.4 Å². The van der Waals surface area contributed by atoms with Crippen LogP contribution in [-0.4, -0.2) is 12.3 Å². The van der Waals surface area contributed by atoms with Crippen LogP contribution in [0.25, 0.3) is 11.3 Å². The van der Waals surface area contributed by atoms with Crippen LogP contribution in [-0.2, 0) is 11.3 Å². The minimum atomic E-state index is -0.619. The SMILES string of the molecule is N#Cc1ccccc1COC(=O)c1cc(-c2ccc(C=O)o2)ccc1Cl. The van der Waals surface area contributed by atoms with Gasteiger partial charge in [-0.25, -0.2) is 4.79 Å². The molecule has 0 spiro atoms. The molecule has 5 nitrogen and oxygen atoms in total. The minimum absolute atomic E-state index is 0.0425. The molecule has 6 heteroatoms. The van der Waals surface area contributed by atoms with Gasteiger partial charge in [0.05, 0.1) is 22.2 Å². The van der Waals surface area contributed by atoms with Crippen molar-refractivity contribution in [2.24, 2.45) is 0 Å². The first-order chi connectivity index (χ1) is 12.6. The van der Waals surface area contributed by atoms with E-state index in [1.54, 1.807) is 42.5 Å². The Morgan fingerprint density at radius 2 is 2.00 bits per heavy atom. The van der Waals surface area contributed by atoms with Crippen LogP contribution in [0.5, 0.6) is 0 Å². The van der Waals surface area contributed by atoms with Gasteiger partial charge in [0, 0.05) is 11.1 Å². The fourth-order valence-electron chi connectivity index (χ4n) is 2.38. The predicted molar refractivity (Wildman–Crippen MR) is 94.8 cm³/mol. The fraction of sp³-hybridized carbons (Fsp3) is 0.0500. The smallest absolute Gasteiger partial charge is 0.340 e. The molecular weight excluding hydrogens is 354 g/mol. The molecule has 0 bridgehead atoms. The lowest BCUT2D eigenvalue weighted by molar-refractivity contribution is 0.0472. The van der Waals surface area contributed by atoms with E-state index in [1.165, 1.54) is 12.1 Å². The van der Waals surface area contributed by atoms with Gasteiger partial charge in [0.1, 0.15) is 12.4 Å². The first-order valence-electron chi connectivity index (χ1n) is 7.62. The number of carbonyl (C=O) groups is 2. The van der Waals surface area contributed by atoms with Gasteiger partial charge in [0.25, 0.3) is 0 Å². The van der Waals surface area contributed by atoms with Gasteiger partial charge < -0.3 is 9.15 Å². The van der Waals surface area contributed by atoms with Crippen LogP contribution >= 0.6 is 11.6 Å². The van der Waals surface area contributed by atoms with E-state index in [-0.39, 0.29) is 23.0 Å². The maximum absolute atomic E-state index is 12.4. The largest absolute Gasteiger partial charge is 0.457 e. The highest BCUT2D eigenvalue weighted by Crippen LogP contribution is 2.27. The van der Waals surface area contributed by atoms with E-state index in [0.717, 1.165) is 0 Å². The van der Waals surface area contributed by atoms with E-state index >= 15 is 0 Å². The minimum Gasteiger partial charge on any atom is -0.457 e. The lowest BCUT2D eigenvalue weighted by atomic mass is 10.1. The summed E-state index contributed by atoms with van der Waals surface area (Å²) in [7, 11) is 0. The van der Waals surface area contributed by atoms with E-state index < -0.39 is 5.97 Å². The molecule has 1 aromatic heterocycles. The molecule has 0 aliphatic heterocycles. The maximum Gasteiger partial charge on any atom is 0.340 e. The third kappa shape index (κ3) is 3.66. The van der Waals surface area contributed by atoms with Crippen LogP contribution in [0, 0.1) is 11.3 Å². The molecule has 0 aliphatic carbocycles. The monoisotopic (exact) mass is 365 g/mol. The summed E-state index contributed by atoms with van der Waals surface area (Å²) in [6, 6.07) is 16.9. The van der Waals surface area contributed by atoms with Gasteiger partial charge >= 0.3 is 5.97 Å². The highest BCUT2D eigenvalue weighted by atomic mass is 35.5. The molecule has 0 saturated carbocycles. The summed E-state index contributed by atoms with van der Waals surface area (Å²) in [6.45, 7) is -0.0425. The molecule has 0 radical (unpaired) electrons. The predicted octanol–water partition coefficient (Wildman–Crippen LogP) is 4.64. The van der Waals surface area contributed by atoms with Gasteiger partial charge in [-0.15, -0.1) is 0 Å². The first kappa shape index (κ1) is 17.5. The number of halogens is 1. The van der Waals surface area contributed by atoms with E-state index in [1.807, 2.05) is 0 Å². The van der Waals surface area contributed by atoms with Crippen molar-refractivity contribution in [3.63, 3.8) is 0 Å². The molecule has 1 heterocycles. The third-order valence-electron chi connectivity index (χ3n) is 3.71. The van der Waals surface area contributed by atoms with E-state index in [9.17, 15) is 9.59 Å². The lowest BCUT2D eigenvalue weighted by Gasteiger charge is -2.08. The van der Waals surface area contributed by atoms with Crippen LogP contribution in [0.3, 0.4) is 0 Å². The zero-order valence-electron chi connectivity index (χ0n) is 13.4. The van der Waals surface area contributed by atoms with Crippen molar-refractivity contribution in [3.8, 4) is 17.4 Å². The second-order valence-electron chi connectivity index (χ2n) is 5.36. The maximum atomic E-state index is 12.4. The zero-order valence-corrected chi connectivity index (χ0v) is 14.2. The van der Waals surface area contributed by atoms with Crippen molar-refractivity contribution < 1.29 is 18.7 Å². The molecule has 0 fully saturated rings. The summed E-state index contributed by atoms with van der Waals surface area (Å²) in [5.74, 6) is 0.00610. The highest BCUT2D eigenvalue weighted by molar-refractivity contribution is 6.33. The summed E-state index contributed by atoms with van der Waals surface area (Å²) >= 11 is 6.11. The average Bonchev–Trinajstić information content (AvgIpc) is 3.16. The molecule has 26 heavy (non-hydrogen) atoms. The molecule has 2 aromatic carbocycles. The van der Waals surface area contributed by atoms with Crippen molar-refractivity contribution in [1.82, 2.24) is 0 Å². The Labute approximate surface area is 154 Å². The summed E-state index contributed by atoms with van der Waals surface area (Å²) < 4.78 is 10.6. The number of rotatable bonds is 5. The van der Waals surface area contributed by atoms with Crippen LogP contribution < -0.4 is 0 Å². The summed E-state index contributed by atoms with van der Waals surface area (Å²) in [6.07, 6.45) is 0.598. The second kappa shape index (κ2) is 7.68. The number of carbonyl (C=O) groups excluding carboxylic acids is 2. The number of hydrogen-bond donors (Lipinski definition) is 0. The molecule has 0 saturated heterocycles. The normalized spacial score (nSPS) is 10.2. The molecule has 3 aromatic rings. The van der Waals surface area contributed by atoms with Crippen molar-refractivity contribution in [2.75, 3.05) is 0 Å². The second-order valence-corrected chi connectivity index (χ2v) is 5.77. The van der Waals surface area contributed by atoms with Gasteiger partial charge in [0.2, 0.25) is 0 Å². The summed E-state index contributed by atoms with van der Waals surface area (Å²) in [5, 5.41) is 9.31. The Hall–Kier alpha value is -3.36. The zero-order chi connectivity index (χ0) is 18.5. The van der Waals surface area contributed by atoms with Crippen molar-refractivity contribution in [2.45, 2.75) is 6.61 Å². The topological polar surface area (TPSA) is 80.3 Å². The Balaban J connectivity index is 1.82. The highest BCUT2D eigenvalue weighted by Gasteiger charge is 2.15. The van der Waals surface area contributed by atoms with Crippen LogP contribution in [0.15, 0.2) is 59.0 Å². The van der Waals surface area contributed by atoms with Crippen molar-refractivity contribution >= 4 is 23.9 Å². The van der Waals surface area contributed by atoms with Gasteiger partial charge in [0.15, 0.2) is 12.0 Å². The lowest BCUT2D eigenvalue weighted by Crippen LogP contribution is -2.07. The molecule has 0 atom stereocenters. The van der Waals surface area contributed by atoms with E-state index in [0.29, 0.717) is 28.7 Å². The fourth-order valence-corrected chi connectivity index (χ4v) is 2.58. The molecule has 0 amide bonds. The Morgan fingerprint density at radius 1 is 1.19 bits per heavy atom. The number of nitriles is 1. The molecule has 128 valence electrons. The molecular formula is C20H12ClNO4. The Bertz CT molecular complexity index is 1020. The molecule has 0 unspecified atom stereocenters. The van der Waals surface area contributed by atoms with Crippen molar-refractivity contribution in [3.05, 3.63) is 82.1 Å². The summed E-state index contributed by atoms with van der Waals surface area (Å²) in [5.41, 5.74) is 1.81. The van der Waals surface area contributed by atoms with Crippen LogP contribution in [0.2, 0.25) is 5.02 Å². The van der Waals surface area contributed by atoms with Crippen molar-refractivity contribution in [1.29, 1.82) is 5.26 Å². The average molecular weight is 366 g/mol. The number of ether oxygens (including phenoxy) is 1. The molecule has 0 N–H and O–H groups in total. The van der Waals surface area contributed by atoms with Gasteiger partial charge in [-0.3, -0.25) is 4.79 Å². The Kier molecular flexibility index (Phi) is 5.16. The standard InChI is InChI=1S/C20H12ClNO4/c21-18-7-5-13(19-8-6-16(11-23)26-19)9-17(18)20(24)25-12-15-4-2-1-3-14(15)10-22/h1-9,11H,12H2. The summed E-state index contributed by atoms with van der Waals surface area (Å²) in [4.78, 5) is 23.1. The number of hydrogen-bond acceptors (Lipinski definition) is 5. The number of nitrogens with zero attached hydrogens (tertiary/aromatic N) is 1. The number of esters is 1. The van der Waals surface area contributed by atoms with Crippen LogP contribution in [0.1, 0.15) is 32.0 Å². The molecule has 0 aliphatic rings.